The number of benzene rings is 1. The Morgan fingerprint density at radius 2 is 2.25 bits per heavy atom. The number of imidazole rings is 1. The largest absolute Gasteiger partial charge is 0.482 e. The van der Waals surface area contributed by atoms with Crippen LogP contribution in [-0.4, -0.2) is 28.6 Å². The highest BCUT2D eigenvalue weighted by atomic mass is 16.5. The third kappa shape index (κ3) is 2.45. The van der Waals surface area contributed by atoms with Gasteiger partial charge in [-0.05, 0) is 24.6 Å². The number of aryl methyl sites for hydroxylation is 1. The van der Waals surface area contributed by atoms with Crippen molar-refractivity contribution in [2.24, 2.45) is 0 Å². The summed E-state index contributed by atoms with van der Waals surface area (Å²) in [7, 11) is 0. The monoisotopic (exact) mass is 272 g/mol. The van der Waals surface area contributed by atoms with Crippen LogP contribution in [0.3, 0.4) is 0 Å². The molecule has 6 nitrogen and oxygen atoms in total. The molecule has 0 saturated carbocycles. The lowest BCUT2D eigenvalue weighted by atomic mass is 10.2. The van der Waals surface area contributed by atoms with Crippen LogP contribution in [0.4, 0.5) is 11.4 Å². The molecule has 0 aliphatic carbocycles. The molecule has 3 rings (SSSR count). The van der Waals surface area contributed by atoms with Crippen molar-refractivity contribution in [3.05, 3.63) is 36.9 Å². The van der Waals surface area contributed by atoms with Gasteiger partial charge < -0.3 is 19.9 Å². The first-order valence-corrected chi connectivity index (χ1v) is 6.52. The number of aromatic nitrogens is 2. The Balaban J connectivity index is 1.72. The molecule has 1 aliphatic rings. The van der Waals surface area contributed by atoms with Gasteiger partial charge in [0.25, 0.3) is 5.91 Å². The third-order valence-corrected chi connectivity index (χ3v) is 3.28. The van der Waals surface area contributed by atoms with E-state index in [-0.39, 0.29) is 12.5 Å². The molecule has 0 saturated heterocycles. The van der Waals surface area contributed by atoms with Crippen LogP contribution >= 0.6 is 0 Å². The van der Waals surface area contributed by atoms with E-state index in [1.807, 2.05) is 10.8 Å². The summed E-state index contributed by atoms with van der Waals surface area (Å²) in [4.78, 5) is 17.7. The van der Waals surface area contributed by atoms with Gasteiger partial charge >= 0.3 is 0 Å². The number of carbonyl (C=O) groups excluding carboxylic acids is 1. The molecule has 2 N–H and O–H groups in total. The van der Waals surface area contributed by atoms with Crippen LogP contribution in [0.2, 0.25) is 0 Å². The van der Waals surface area contributed by atoms with Gasteiger partial charge in [-0.1, -0.05) is 0 Å². The van der Waals surface area contributed by atoms with Crippen LogP contribution in [0.15, 0.2) is 36.9 Å². The Labute approximate surface area is 116 Å². The van der Waals surface area contributed by atoms with Crippen LogP contribution < -0.4 is 15.4 Å². The fourth-order valence-corrected chi connectivity index (χ4v) is 2.29. The maximum Gasteiger partial charge on any atom is 0.265 e. The van der Waals surface area contributed by atoms with E-state index >= 15 is 0 Å². The molecule has 2 aromatic rings. The number of ether oxygens (including phenoxy) is 1. The molecule has 0 radical (unpaired) electrons. The first-order chi connectivity index (χ1) is 9.74. The van der Waals surface area contributed by atoms with Crippen molar-refractivity contribution in [1.29, 1.82) is 0 Å². The SMILES string of the molecule is Nc1ccc2c(c1)N(CCCn1ccnc1)C(=O)CO2. The van der Waals surface area contributed by atoms with Crippen molar-refractivity contribution in [3.63, 3.8) is 0 Å². The van der Waals surface area contributed by atoms with Gasteiger partial charge in [-0.25, -0.2) is 4.98 Å². The second-order valence-corrected chi connectivity index (χ2v) is 4.72. The number of hydrogen-bond donors (Lipinski definition) is 1. The summed E-state index contributed by atoms with van der Waals surface area (Å²) in [5, 5.41) is 0. The van der Waals surface area contributed by atoms with Gasteiger partial charge in [0.1, 0.15) is 5.75 Å². The topological polar surface area (TPSA) is 73.4 Å². The Bertz CT molecular complexity index is 610. The molecule has 0 bridgehead atoms. The molecular weight excluding hydrogens is 256 g/mol. The second kappa shape index (κ2) is 5.24. The average molecular weight is 272 g/mol. The number of rotatable bonds is 4. The van der Waals surface area contributed by atoms with Crippen molar-refractivity contribution < 1.29 is 9.53 Å². The molecular formula is C14H16N4O2. The molecule has 104 valence electrons. The maximum absolute atomic E-state index is 12.0. The predicted octanol–water partition coefficient (Wildman–Crippen LogP) is 1.28. The lowest BCUT2D eigenvalue weighted by Crippen LogP contribution is -2.39. The molecule has 1 aromatic carbocycles. The third-order valence-electron chi connectivity index (χ3n) is 3.28. The molecule has 0 unspecified atom stereocenters. The Kier molecular flexibility index (Phi) is 3.28. The number of nitrogens with two attached hydrogens (primary N) is 1. The van der Waals surface area contributed by atoms with Crippen molar-refractivity contribution in [3.8, 4) is 5.75 Å². The smallest absolute Gasteiger partial charge is 0.265 e. The summed E-state index contributed by atoms with van der Waals surface area (Å²) >= 11 is 0. The zero-order chi connectivity index (χ0) is 13.9. The van der Waals surface area contributed by atoms with Crippen molar-refractivity contribution in [1.82, 2.24) is 9.55 Å². The molecule has 2 heterocycles. The van der Waals surface area contributed by atoms with E-state index in [0.717, 1.165) is 18.7 Å². The molecule has 20 heavy (non-hydrogen) atoms. The number of hydrogen-bond acceptors (Lipinski definition) is 4. The van der Waals surface area contributed by atoms with E-state index < -0.39 is 0 Å². The van der Waals surface area contributed by atoms with Crippen LogP contribution in [0.25, 0.3) is 0 Å². The lowest BCUT2D eigenvalue weighted by molar-refractivity contribution is -0.121. The normalized spacial score (nSPS) is 14.0. The summed E-state index contributed by atoms with van der Waals surface area (Å²) in [6.45, 7) is 1.54. The molecule has 1 amide bonds. The number of nitrogens with zero attached hydrogens (tertiary/aromatic N) is 3. The van der Waals surface area contributed by atoms with Crippen molar-refractivity contribution in [2.45, 2.75) is 13.0 Å². The van der Waals surface area contributed by atoms with Gasteiger partial charge in [-0.15, -0.1) is 0 Å². The van der Waals surface area contributed by atoms with E-state index in [0.29, 0.717) is 18.0 Å². The van der Waals surface area contributed by atoms with Gasteiger partial charge in [0, 0.05) is 31.2 Å². The van der Waals surface area contributed by atoms with Gasteiger partial charge in [0.05, 0.1) is 12.0 Å². The van der Waals surface area contributed by atoms with E-state index in [9.17, 15) is 4.79 Å². The average Bonchev–Trinajstić information content (AvgIpc) is 2.94. The minimum atomic E-state index is -0.0336. The van der Waals surface area contributed by atoms with E-state index in [1.165, 1.54) is 0 Å². The Hall–Kier alpha value is -2.50. The Morgan fingerprint density at radius 1 is 1.35 bits per heavy atom. The van der Waals surface area contributed by atoms with Crippen LogP contribution in [-0.2, 0) is 11.3 Å². The van der Waals surface area contributed by atoms with Crippen molar-refractivity contribution in [2.75, 3.05) is 23.8 Å². The van der Waals surface area contributed by atoms with Gasteiger partial charge in [0.2, 0.25) is 0 Å². The maximum atomic E-state index is 12.0. The zero-order valence-corrected chi connectivity index (χ0v) is 11.0. The number of anilines is 2. The molecule has 1 aromatic heterocycles. The highest BCUT2D eigenvalue weighted by Crippen LogP contribution is 2.33. The first-order valence-electron chi connectivity index (χ1n) is 6.52. The lowest BCUT2D eigenvalue weighted by Gasteiger charge is -2.29. The zero-order valence-electron chi connectivity index (χ0n) is 11.0. The fourth-order valence-electron chi connectivity index (χ4n) is 2.29. The first kappa shape index (κ1) is 12.5. The van der Waals surface area contributed by atoms with E-state index in [4.69, 9.17) is 10.5 Å². The van der Waals surface area contributed by atoms with E-state index in [2.05, 4.69) is 4.98 Å². The molecule has 0 fully saturated rings. The number of fused-ring (bicyclic) bond motifs is 1. The van der Waals surface area contributed by atoms with Gasteiger partial charge in [0.15, 0.2) is 6.61 Å². The van der Waals surface area contributed by atoms with Crippen LogP contribution in [0, 0.1) is 0 Å². The number of carbonyl (C=O) groups is 1. The molecule has 1 aliphatic heterocycles. The minimum Gasteiger partial charge on any atom is -0.482 e. The minimum absolute atomic E-state index is 0.0336. The fraction of sp³-hybridized carbons (Fsp3) is 0.286. The predicted molar refractivity (Wildman–Crippen MR) is 75.5 cm³/mol. The number of amides is 1. The standard InChI is InChI=1S/C14H16N4O2/c15-11-2-3-13-12(8-11)18(14(19)9-20-13)6-1-5-17-7-4-16-10-17/h2-4,7-8,10H,1,5-6,9,15H2. The Morgan fingerprint density at radius 3 is 3.05 bits per heavy atom. The van der Waals surface area contributed by atoms with Crippen LogP contribution in [0.1, 0.15) is 6.42 Å². The highest BCUT2D eigenvalue weighted by Gasteiger charge is 2.25. The van der Waals surface area contributed by atoms with Gasteiger partial charge in [-0.2, -0.15) is 0 Å². The summed E-state index contributed by atoms with van der Waals surface area (Å²) in [6, 6.07) is 5.36. The summed E-state index contributed by atoms with van der Waals surface area (Å²) in [5.41, 5.74) is 7.17. The van der Waals surface area contributed by atoms with Crippen molar-refractivity contribution >= 4 is 17.3 Å². The molecule has 0 atom stereocenters. The summed E-state index contributed by atoms with van der Waals surface area (Å²) in [6.07, 6.45) is 6.27. The highest BCUT2D eigenvalue weighted by molar-refractivity contribution is 5.98. The van der Waals surface area contributed by atoms with E-state index in [1.54, 1.807) is 35.6 Å². The molecule has 0 spiro atoms. The van der Waals surface area contributed by atoms with Gasteiger partial charge in [-0.3, -0.25) is 4.79 Å². The second-order valence-electron chi connectivity index (χ2n) is 4.72. The summed E-state index contributed by atoms with van der Waals surface area (Å²) in [5.74, 6) is 0.676. The molecule has 6 heteroatoms. The summed E-state index contributed by atoms with van der Waals surface area (Å²) < 4.78 is 7.40. The number of nitrogen functional groups attached to an aromatic ring is 1. The van der Waals surface area contributed by atoms with Crippen LogP contribution in [0.5, 0.6) is 5.75 Å². The quantitative estimate of drug-likeness (QED) is 0.851.